The van der Waals surface area contributed by atoms with Gasteiger partial charge in [0.1, 0.15) is 0 Å². The van der Waals surface area contributed by atoms with Gasteiger partial charge in [-0.1, -0.05) is 0 Å². The Hall–Kier alpha value is 0.866. The van der Waals surface area contributed by atoms with Gasteiger partial charge in [-0.15, -0.1) is 0 Å². The second-order valence-electron chi connectivity index (χ2n) is 0.742. The first-order valence-corrected chi connectivity index (χ1v) is 2.80. The third-order valence-electron chi connectivity index (χ3n) is 0.0833. The zero-order valence-corrected chi connectivity index (χ0v) is 10.2. The summed E-state index contributed by atoms with van der Waals surface area (Å²) in [6.45, 7) is 0. The maximum atomic E-state index is 8.91. The van der Waals surface area contributed by atoms with Gasteiger partial charge in [0.05, 0.1) is 0 Å². The molecule has 0 saturated heterocycles. The smallest absolute Gasteiger partial charge is 0.726 e. The first-order chi connectivity index (χ1) is 4.29. The quantitative estimate of drug-likeness (QED) is 0.150. The van der Waals surface area contributed by atoms with Crippen molar-refractivity contribution in [3.8, 4) is 0 Å². The minimum absolute atomic E-state index is 0. The van der Waals surface area contributed by atoms with Crippen LogP contribution in [0.15, 0.2) is 0 Å². The Labute approximate surface area is 106 Å². The molecule has 0 radical (unpaired) electrons. The number of rotatable bonds is 1. The van der Waals surface area contributed by atoms with Crippen molar-refractivity contribution in [3.05, 3.63) is 0 Å². The molecule has 0 atom stereocenters. The molecule has 0 bridgehead atoms. The van der Waals surface area contributed by atoms with Crippen LogP contribution in [0, 0.1) is 0 Å². The van der Waals surface area contributed by atoms with Crippen molar-refractivity contribution < 1.29 is 67.1 Å². The fourth-order valence-corrected chi connectivity index (χ4v) is 0. The van der Waals surface area contributed by atoms with E-state index in [4.69, 9.17) is 33.2 Å². The molecule has 0 fully saturated rings. The van der Waals surface area contributed by atoms with Gasteiger partial charge in [-0.3, -0.25) is 0 Å². The van der Waals surface area contributed by atoms with Gasteiger partial charge in [0, 0.05) is 0 Å². The van der Waals surface area contributed by atoms with Gasteiger partial charge < -0.3 is 29.2 Å². The normalized spacial score (nSPS) is 7.83. The van der Waals surface area contributed by atoms with E-state index in [1.165, 1.54) is 0 Å². The van der Waals surface area contributed by atoms with Crippen LogP contribution in [0.1, 0.15) is 0 Å². The zero-order chi connectivity index (χ0) is 8.78. The Kier molecular flexibility index (Phi) is 22.8. The van der Waals surface area contributed by atoms with Crippen LogP contribution in [0.3, 0.4) is 0 Å². The molecule has 0 saturated carbocycles. The molecule has 0 aromatic rings. The van der Waals surface area contributed by atoms with Crippen molar-refractivity contribution >= 4 is 39.6 Å². The maximum Gasteiger partial charge on any atom is 2.00 e. The van der Waals surface area contributed by atoms with Crippen molar-refractivity contribution in [1.29, 1.82) is 0 Å². The van der Waals surface area contributed by atoms with Gasteiger partial charge in [0.25, 0.3) is 0 Å². The second kappa shape index (κ2) is 11.9. The molecular weight excluding hydrogens is 219 g/mol. The van der Waals surface area contributed by atoms with Crippen LogP contribution < -0.4 is 39.9 Å². The summed E-state index contributed by atoms with van der Waals surface area (Å²) in [6, 6.07) is 0. The fraction of sp³-hybridized carbons (Fsp3) is 0. The Balaban J connectivity index is -0.0000000483. The summed E-state index contributed by atoms with van der Waals surface area (Å²) in [5, 5.41) is 23.9. The Morgan fingerprint density at radius 1 is 1.42 bits per heavy atom. The zero-order valence-electron chi connectivity index (χ0n) is 5.92. The van der Waals surface area contributed by atoms with Crippen molar-refractivity contribution in [2.75, 3.05) is 0 Å². The summed E-state index contributed by atoms with van der Waals surface area (Å²) in [7, 11) is -4.97. The van der Waals surface area contributed by atoms with E-state index in [0.29, 0.717) is 0 Å². The van der Waals surface area contributed by atoms with E-state index in [1.807, 2.05) is 0 Å². The average molecular weight is 220 g/mol. The van der Waals surface area contributed by atoms with Gasteiger partial charge in [-0.2, -0.15) is 0 Å². The predicted molar refractivity (Wildman–Crippen MR) is 24.6 cm³/mol. The van der Waals surface area contributed by atoms with Crippen LogP contribution in [0.4, 0.5) is 4.79 Å². The summed E-state index contributed by atoms with van der Waals surface area (Å²) in [6.07, 6.45) is -2.08. The molecule has 0 amide bonds. The molecule has 11 heteroatoms. The molecule has 0 aliphatic carbocycles. The molecule has 0 unspecified atom stereocenters. The van der Waals surface area contributed by atoms with E-state index in [0.717, 1.165) is 0 Å². The van der Waals surface area contributed by atoms with Gasteiger partial charge in [0.15, 0.2) is 0 Å². The van der Waals surface area contributed by atoms with Crippen LogP contribution >= 0.6 is 0 Å². The Morgan fingerprint density at radius 2 is 1.50 bits per heavy atom. The molecule has 62 valence electrons. The van der Waals surface area contributed by atoms with Crippen molar-refractivity contribution in [3.63, 3.8) is 0 Å². The Morgan fingerprint density at radius 3 is 1.50 bits per heavy atom. The van der Waals surface area contributed by atoms with Crippen LogP contribution in [0.2, 0.25) is 0 Å². The van der Waals surface area contributed by atoms with E-state index >= 15 is 0 Å². The molecular formula is CHMgNaO8S. The first-order valence-electron chi connectivity index (χ1n) is 1.47. The summed E-state index contributed by atoms with van der Waals surface area (Å²) in [4.78, 5) is 8.44. The summed E-state index contributed by atoms with van der Waals surface area (Å²) in [5.41, 5.74) is 0. The molecule has 0 rings (SSSR count). The van der Waals surface area contributed by atoms with Gasteiger partial charge >= 0.3 is 52.6 Å². The molecule has 0 aliphatic rings. The predicted octanol–water partition coefficient (Wildman–Crippen LogP) is -6.75. The molecule has 0 aliphatic heterocycles. The number of carbonyl (C=O) groups is 1. The van der Waals surface area contributed by atoms with Crippen molar-refractivity contribution in [1.82, 2.24) is 0 Å². The van der Waals surface area contributed by atoms with Crippen LogP contribution in [-0.4, -0.2) is 47.3 Å². The van der Waals surface area contributed by atoms with Crippen LogP contribution in [0.25, 0.3) is 0 Å². The minimum atomic E-state index is -4.97. The van der Waals surface area contributed by atoms with Gasteiger partial charge in [-0.05, 0) is 0 Å². The average Bonchev–Trinajstić information content (AvgIpc) is 1.63. The van der Waals surface area contributed by atoms with E-state index in [1.54, 1.807) is 0 Å². The molecule has 12 heavy (non-hydrogen) atoms. The molecule has 0 aromatic carbocycles. The van der Waals surface area contributed by atoms with E-state index in [2.05, 4.69) is 4.33 Å². The summed E-state index contributed by atoms with van der Waals surface area (Å²) < 4.78 is 28.8. The SMILES string of the molecule is O=C([O-])O.O=S(=O)([O-])O[O-].[Mg+2].[Na+]. The van der Waals surface area contributed by atoms with E-state index < -0.39 is 16.6 Å². The Bertz CT molecular complexity index is 181. The topological polar surface area (TPSA) is 150 Å². The third-order valence-corrected chi connectivity index (χ3v) is 0.250. The number of carboxylic acid groups (broad SMARTS) is 2. The molecule has 1 N–H and O–H groups in total. The largest absolute Gasteiger partial charge is 2.00 e. The van der Waals surface area contributed by atoms with Crippen LogP contribution in [-0.2, 0) is 14.7 Å². The van der Waals surface area contributed by atoms with Gasteiger partial charge in [-0.25, -0.2) is 8.42 Å². The minimum Gasteiger partial charge on any atom is -0.726 e. The monoisotopic (exact) mass is 220 g/mol. The maximum absolute atomic E-state index is 8.91. The molecule has 8 nitrogen and oxygen atoms in total. The van der Waals surface area contributed by atoms with E-state index in [-0.39, 0.29) is 52.6 Å². The molecule has 0 aromatic heterocycles. The second-order valence-corrected chi connectivity index (χ2v) is 1.69. The number of hydrogen-bond acceptors (Lipinski definition) is 7. The standard InChI is InChI=1S/CH2O3.Mg.Na.H2O5S/c2-1(3)4;;;1-5-6(2,3)4/h(H2,2,3,4);;;1H,(H,2,3,4)/q;+2;+1;/p-3. The summed E-state index contributed by atoms with van der Waals surface area (Å²) >= 11 is 0. The van der Waals surface area contributed by atoms with Crippen molar-refractivity contribution in [2.45, 2.75) is 0 Å². The third kappa shape index (κ3) is 70.8. The van der Waals surface area contributed by atoms with Gasteiger partial charge in [0.2, 0.25) is 16.6 Å². The molecule has 0 heterocycles. The molecule has 0 spiro atoms. The number of hydrogen-bond donors (Lipinski definition) is 1. The van der Waals surface area contributed by atoms with E-state index in [9.17, 15) is 0 Å². The van der Waals surface area contributed by atoms with Crippen molar-refractivity contribution in [2.24, 2.45) is 0 Å². The fourth-order valence-electron chi connectivity index (χ4n) is 0. The first kappa shape index (κ1) is 23.0. The van der Waals surface area contributed by atoms with Crippen LogP contribution in [0.5, 0.6) is 0 Å². The summed E-state index contributed by atoms with van der Waals surface area (Å²) in [5.74, 6) is 0.